The van der Waals surface area contributed by atoms with Gasteiger partial charge in [-0.05, 0) is 19.4 Å². The number of nitrogens with one attached hydrogen (secondary N) is 1. The predicted molar refractivity (Wildman–Crippen MR) is 52.3 cm³/mol. The summed E-state index contributed by atoms with van der Waals surface area (Å²) in [5, 5.41) is 3.32. The number of benzene rings is 1. The van der Waals surface area contributed by atoms with Crippen LogP contribution in [0.1, 0.15) is 25.5 Å². The molecule has 2 nitrogen and oxygen atoms in total. The van der Waals surface area contributed by atoms with Gasteiger partial charge in [0.15, 0.2) is 0 Å². The Hall–Kier alpha value is -0.860. The number of hydrogen-bond donors (Lipinski definition) is 1. The van der Waals surface area contributed by atoms with Crippen LogP contribution in [-0.4, -0.2) is 12.3 Å². The summed E-state index contributed by atoms with van der Waals surface area (Å²) in [5.41, 5.74) is 1.07. The van der Waals surface area contributed by atoms with E-state index < -0.39 is 0 Å². The van der Waals surface area contributed by atoms with Gasteiger partial charge in [0.2, 0.25) is 0 Å². The quantitative estimate of drug-likeness (QED) is 0.709. The maximum Gasteiger partial charge on any atom is 0.114 e. The first kappa shape index (κ1) is 8.73. The predicted octanol–water partition coefficient (Wildman–Crippen LogP) is 2.08. The van der Waals surface area contributed by atoms with E-state index in [2.05, 4.69) is 31.3 Å². The Balaban J connectivity index is 2.13. The molecule has 1 aliphatic rings. The lowest BCUT2D eigenvalue weighted by atomic mass is 10.1. The summed E-state index contributed by atoms with van der Waals surface area (Å²) in [6.45, 7) is 5.00. The van der Waals surface area contributed by atoms with Gasteiger partial charge in [-0.3, -0.25) is 5.32 Å². The zero-order valence-corrected chi connectivity index (χ0v) is 8.08. The molecule has 1 fully saturated rings. The van der Waals surface area contributed by atoms with Crippen molar-refractivity contribution in [2.75, 3.05) is 6.54 Å². The maximum atomic E-state index is 5.82. The molecule has 1 saturated heterocycles. The van der Waals surface area contributed by atoms with Crippen LogP contribution in [0.2, 0.25) is 0 Å². The first-order valence-electron chi connectivity index (χ1n) is 4.65. The Labute approximate surface area is 78.9 Å². The summed E-state index contributed by atoms with van der Waals surface area (Å²) in [5.74, 6) is 0. The topological polar surface area (TPSA) is 21.3 Å². The van der Waals surface area contributed by atoms with Crippen molar-refractivity contribution in [2.24, 2.45) is 0 Å². The second kappa shape index (κ2) is 3.13. The molecule has 0 spiro atoms. The molecule has 1 N–H and O–H groups in total. The molecule has 2 heteroatoms. The number of hydrogen-bond acceptors (Lipinski definition) is 2. The highest BCUT2D eigenvalue weighted by atomic mass is 16.5. The molecule has 1 unspecified atom stereocenters. The molecule has 1 aromatic carbocycles. The van der Waals surface area contributed by atoms with Crippen LogP contribution in [0, 0.1) is 0 Å². The van der Waals surface area contributed by atoms with E-state index in [4.69, 9.17) is 4.74 Å². The van der Waals surface area contributed by atoms with Gasteiger partial charge in [-0.25, -0.2) is 0 Å². The van der Waals surface area contributed by atoms with Crippen LogP contribution in [-0.2, 0) is 4.74 Å². The Morgan fingerprint density at radius 2 is 2.00 bits per heavy atom. The van der Waals surface area contributed by atoms with E-state index in [0.29, 0.717) is 0 Å². The minimum Gasteiger partial charge on any atom is -0.352 e. The van der Waals surface area contributed by atoms with E-state index in [0.717, 1.165) is 6.54 Å². The lowest BCUT2D eigenvalue weighted by molar-refractivity contribution is -0.0240. The van der Waals surface area contributed by atoms with Crippen molar-refractivity contribution in [2.45, 2.75) is 25.7 Å². The van der Waals surface area contributed by atoms with E-state index in [1.807, 2.05) is 18.2 Å². The van der Waals surface area contributed by atoms with Crippen LogP contribution >= 0.6 is 0 Å². The van der Waals surface area contributed by atoms with Crippen LogP contribution in [0.4, 0.5) is 0 Å². The molecule has 1 aromatic rings. The molecule has 0 amide bonds. The highest BCUT2D eigenvalue weighted by molar-refractivity contribution is 5.19. The summed E-state index contributed by atoms with van der Waals surface area (Å²) in [4.78, 5) is 0. The zero-order valence-electron chi connectivity index (χ0n) is 8.08. The highest BCUT2D eigenvalue weighted by Gasteiger charge is 2.31. The molecule has 1 atom stereocenters. The molecule has 0 aliphatic carbocycles. The summed E-state index contributed by atoms with van der Waals surface area (Å²) < 4.78 is 5.82. The van der Waals surface area contributed by atoms with Crippen molar-refractivity contribution in [1.82, 2.24) is 5.32 Å². The minimum absolute atomic E-state index is 0.180. The normalized spacial score (nSPS) is 26.2. The average molecular weight is 177 g/mol. The van der Waals surface area contributed by atoms with E-state index in [1.165, 1.54) is 5.56 Å². The number of ether oxygens (including phenoxy) is 1. The lowest BCUT2D eigenvalue weighted by Crippen LogP contribution is -2.33. The van der Waals surface area contributed by atoms with Gasteiger partial charge in [-0.2, -0.15) is 0 Å². The first-order chi connectivity index (χ1) is 6.17. The molecule has 1 aliphatic heterocycles. The Kier molecular flexibility index (Phi) is 2.10. The average Bonchev–Trinajstić information content (AvgIpc) is 2.48. The third-order valence-electron chi connectivity index (χ3n) is 2.32. The molecule has 0 aromatic heterocycles. The van der Waals surface area contributed by atoms with E-state index in [9.17, 15) is 0 Å². The number of rotatable bonds is 1. The van der Waals surface area contributed by atoms with Gasteiger partial charge in [0.05, 0.1) is 6.10 Å². The zero-order chi connectivity index (χ0) is 9.31. The van der Waals surface area contributed by atoms with Gasteiger partial charge >= 0.3 is 0 Å². The second-order valence-corrected chi connectivity index (χ2v) is 3.91. The van der Waals surface area contributed by atoms with Crippen molar-refractivity contribution < 1.29 is 4.74 Å². The Bertz CT molecular complexity index is 281. The third kappa shape index (κ3) is 1.90. The summed E-state index contributed by atoms with van der Waals surface area (Å²) in [6.07, 6.45) is 0.205. The smallest absolute Gasteiger partial charge is 0.114 e. The van der Waals surface area contributed by atoms with Crippen molar-refractivity contribution in [1.29, 1.82) is 0 Å². The van der Waals surface area contributed by atoms with Gasteiger partial charge < -0.3 is 4.74 Å². The molecule has 0 bridgehead atoms. The first-order valence-corrected chi connectivity index (χ1v) is 4.65. The SMILES string of the molecule is CC1(C)NCC(c2ccccc2)O1. The van der Waals surface area contributed by atoms with Crippen LogP contribution < -0.4 is 5.32 Å². The molecule has 0 radical (unpaired) electrons. The highest BCUT2D eigenvalue weighted by Crippen LogP contribution is 2.27. The molecular weight excluding hydrogens is 162 g/mol. The fraction of sp³-hybridized carbons (Fsp3) is 0.455. The molecule has 0 saturated carbocycles. The Morgan fingerprint density at radius 3 is 2.54 bits per heavy atom. The van der Waals surface area contributed by atoms with Crippen LogP contribution in [0.3, 0.4) is 0 Å². The third-order valence-corrected chi connectivity index (χ3v) is 2.32. The van der Waals surface area contributed by atoms with Gasteiger partial charge in [-0.15, -0.1) is 0 Å². The monoisotopic (exact) mass is 177 g/mol. The second-order valence-electron chi connectivity index (χ2n) is 3.91. The fourth-order valence-corrected chi connectivity index (χ4v) is 1.63. The van der Waals surface area contributed by atoms with Gasteiger partial charge in [-0.1, -0.05) is 30.3 Å². The maximum absolute atomic E-state index is 5.82. The summed E-state index contributed by atoms with van der Waals surface area (Å²) >= 11 is 0. The lowest BCUT2D eigenvalue weighted by Gasteiger charge is -2.18. The molecule has 13 heavy (non-hydrogen) atoms. The van der Waals surface area contributed by atoms with Crippen LogP contribution in [0.25, 0.3) is 0 Å². The van der Waals surface area contributed by atoms with E-state index >= 15 is 0 Å². The van der Waals surface area contributed by atoms with Crippen LogP contribution in [0.5, 0.6) is 0 Å². The van der Waals surface area contributed by atoms with E-state index in [1.54, 1.807) is 0 Å². The van der Waals surface area contributed by atoms with E-state index in [-0.39, 0.29) is 11.8 Å². The fourth-order valence-electron chi connectivity index (χ4n) is 1.63. The largest absolute Gasteiger partial charge is 0.352 e. The van der Waals surface area contributed by atoms with Crippen molar-refractivity contribution >= 4 is 0 Å². The van der Waals surface area contributed by atoms with Crippen molar-refractivity contribution in [3.8, 4) is 0 Å². The molecule has 2 rings (SSSR count). The van der Waals surface area contributed by atoms with Crippen molar-refractivity contribution in [3.63, 3.8) is 0 Å². The summed E-state index contributed by atoms with van der Waals surface area (Å²) in [6, 6.07) is 10.3. The molecule has 70 valence electrons. The molecular formula is C11H15NO. The van der Waals surface area contributed by atoms with Gasteiger partial charge in [0, 0.05) is 6.54 Å². The summed E-state index contributed by atoms with van der Waals surface area (Å²) in [7, 11) is 0. The Morgan fingerprint density at radius 1 is 1.31 bits per heavy atom. The standard InChI is InChI=1S/C11H15NO/c1-11(2)12-8-10(13-11)9-6-4-3-5-7-9/h3-7,10,12H,8H2,1-2H3. The van der Waals surface area contributed by atoms with Gasteiger partial charge in [0.25, 0.3) is 0 Å². The van der Waals surface area contributed by atoms with Crippen LogP contribution in [0.15, 0.2) is 30.3 Å². The molecule has 1 heterocycles. The minimum atomic E-state index is -0.180. The van der Waals surface area contributed by atoms with Crippen molar-refractivity contribution in [3.05, 3.63) is 35.9 Å². The van der Waals surface area contributed by atoms with Gasteiger partial charge in [0.1, 0.15) is 5.72 Å².